The lowest BCUT2D eigenvalue weighted by Gasteiger charge is -2.07. The molecule has 0 spiro atoms. The molecule has 0 saturated carbocycles. The number of benzene rings is 1. The van der Waals surface area contributed by atoms with Gasteiger partial charge in [-0.15, -0.1) is 5.10 Å². The summed E-state index contributed by atoms with van der Waals surface area (Å²) in [6, 6.07) is 7.30. The number of rotatable bonds is 3. The van der Waals surface area contributed by atoms with Crippen LogP contribution in [0.4, 0.5) is 5.82 Å². The van der Waals surface area contributed by atoms with Gasteiger partial charge >= 0.3 is 0 Å². The summed E-state index contributed by atoms with van der Waals surface area (Å²) in [5.74, 6) is 0.208. The number of hydrogen-bond acceptors (Lipinski definition) is 4. The van der Waals surface area contributed by atoms with Crippen molar-refractivity contribution >= 4 is 23.3 Å². The zero-order valence-electron chi connectivity index (χ0n) is 11.5. The molecule has 0 aliphatic carbocycles. The van der Waals surface area contributed by atoms with Crippen LogP contribution >= 0.6 is 11.6 Å². The first-order chi connectivity index (χ1) is 10.1. The maximum atomic E-state index is 12.2. The third kappa shape index (κ3) is 3.09. The minimum absolute atomic E-state index is 0.00227. The maximum absolute atomic E-state index is 12.2. The number of nitrogens with two attached hydrogens (primary N) is 1. The third-order valence-electron chi connectivity index (χ3n) is 3.56. The Labute approximate surface area is 127 Å². The van der Waals surface area contributed by atoms with Crippen LogP contribution in [0.25, 0.3) is 11.1 Å². The Kier molecular flexibility index (Phi) is 3.94. The molecule has 2 aromatic rings. The van der Waals surface area contributed by atoms with Gasteiger partial charge in [0.05, 0.1) is 12.5 Å². The molecule has 1 fully saturated rings. The number of aromatic nitrogens is 2. The van der Waals surface area contributed by atoms with E-state index in [4.69, 9.17) is 22.1 Å². The molecule has 1 atom stereocenters. The second kappa shape index (κ2) is 5.87. The molecule has 1 aromatic heterocycles. The molecular weight excluding hydrogens is 290 g/mol. The summed E-state index contributed by atoms with van der Waals surface area (Å²) >= 11 is 5.98. The average Bonchev–Trinajstić information content (AvgIpc) is 3.08. The smallest absolute Gasteiger partial charge is 0.249 e. The van der Waals surface area contributed by atoms with Gasteiger partial charge in [-0.3, -0.25) is 4.79 Å². The van der Waals surface area contributed by atoms with Crippen molar-refractivity contribution < 1.29 is 9.53 Å². The molecule has 1 aromatic carbocycles. The molecule has 0 bridgehead atoms. The Hall–Kier alpha value is -1.85. The van der Waals surface area contributed by atoms with Gasteiger partial charge in [-0.1, -0.05) is 23.7 Å². The van der Waals surface area contributed by atoms with Gasteiger partial charge in [0.2, 0.25) is 5.91 Å². The van der Waals surface area contributed by atoms with E-state index in [1.165, 1.54) is 4.68 Å². The zero-order valence-corrected chi connectivity index (χ0v) is 12.2. The molecular formula is C15H16ClN3O2. The fourth-order valence-corrected chi connectivity index (χ4v) is 2.68. The van der Waals surface area contributed by atoms with E-state index in [9.17, 15) is 4.79 Å². The topological polar surface area (TPSA) is 70.1 Å². The van der Waals surface area contributed by atoms with Gasteiger partial charge in [0.15, 0.2) is 5.82 Å². The van der Waals surface area contributed by atoms with Crippen LogP contribution in [0, 0.1) is 0 Å². The van der Waals surface area contributed by atoms with E-state index in [0.717, 1.165) is 25.0 Å². The van der Waals surface area contributed by atoms with Crippen molar-refractivity contribution in [3.05, 3.63) is 35.5 Å². The second-order valence-electron chi connectivity index (χ2n) is 5.12. The van der Waals surface area contributed by atoms with Crippen molar-refractivity contribution in [1.29, 1.82) is 0 Å². The molecule has 0 unspecified atom stereocenters. The molecule has 1 aliphatic rings. The van der Waals surface area contributed by atoms with Crippen LogP contribution in [0.1, 0.15) is 24.1 Å². The molecule has 0 amide bonds. The SMILES string of the molecule is Nc1nn(C(=O)C[C@@H]2CCCO2)cc1-c1cccc(Cl)c1. The highest BCUT2D eigenvalue weighted by Gasteiger charge is 2.21. The first kappa shape index (κ1) is 14.1. The first-order valence-electron chi connectivity index (χ1n) is 6.89. The lowest BCUT2D eigenvalue weighted by atomic mass is 10.1. The number of carbonyl (C=O) groups is 1. The van der Waals surface area contributed by atoms with Gasteiger partial charge in [0, 0.05) is 23.4 Å². The molecule has 3 rings (SSSR count). The Morgan fingerprint density at radius 3 is 3.10 bits per heavy atom. The molecule has 6 heteroatoms. The van der Waals surface area contributed by atoms with Crippen LogP contribution in [0.5, 0.6) is 0 Å². The van der Waals surface area contributed by atoms with E-state index in [1.807, 2.05) is 12.1 Å². The van der Waals surface area contributed by atoms with Crippen molar-refractivity contribution in [2.75, 3.05) is 12.3 Å². The summed E-state index contributed by atoms with van der Waals surface area (Å²) in [5, 5.41) is 4.72. The average molecular weight is 306 g/mol. The summed E-state index contributed by atoms with van der Waals surface area (Å²) in [7, 11) is 0. The summed E-state index contributed by atoms with van der Waals surface area (Å²) < 4.78 is 6.77. The number of nitrogen functional groups attached to an aromatic ring is 1. The van der Waals surface area contributed by atoms with E-state index in [1.54, 1.807) is 18.3 Å². The van der Waals surface area contributed by atoms with Gasteiger partial charge in [0.1, 0.15) is 0 Å². The van der Waals surface area contributed by atoms with Crippen LogP contribution in [-0.2, 0) is 4.74 Å². The lowest BCUT2D eigenvalue weighted by Crippen LogP contribution is -2.19. The van der Waals surface area contributed by atoms with E-state index < -0.39 is 0 Å². The lowest BCUT2D eigenvalue weighted by molar-refractivity contribution is 0.0693. The van der Waals surface area contributed by atoms with Crippen molar-refractivity contribution in [2.45, 2.75) is 25.4 Å². The number of ether oxygens (including phenoxy) is 1. The predicted octanol–water partition coefficient (Wildman–Crippen LogP) is 3.00. The largest absolute Gasteiger partial charge is 0.382 e. The monoisotopic (exact) mass is 305 g/mol. The number of hydrogen-bond donors (Lipinski definition) is 1. The minimum Gasteiger partial charge on any atom is -0.382 e. The Morgan fingerprint density at radius 2 is 2.38 bits per heavy atom. The highest BCUT2D eigenvalue weighted by molar-refractivity contribution is 6.30. The molecule has 0 radical (unpaired) electrons. The van der Waals surface area contributed by atoms with Crippen LogP contribution in [0.15, 0.2) is 30.5 Å². The van der Waals surface area contributed by atoms with Crippen molar-refractivity contribution in [1.82, 2.24) is 9.78 Å². The van der Waals surface area contributed by atoms with Crippen molar-refractivity contribution in [3.8, 4) is 11.1 Å². The highest BCUT2D eigenvalue weighted by Crippen LogP contribution is 2.27. The van der Waals surface area contributed by atoms with Gasteiger partial charge in [0.25, 0.3) is 0 Å². The summed E-state index contributed by atoms with van der Waals surface area (Å²) in [6.45, 7) is 0.729. The first-order valence-corrected chi connectivity index (χ1v) is 7.27. The summed E-state index contributed by atoms with van der Waals surface area (Å²) in [4.78, 5) is 12.2. The molecule has 2 heterocycles. The van der Waals surface area contributed by atoms with E-state index >= 15 is 0 Å². The van der Waals surface area contributed by atoms with E-state index in [2.05, 4.69) is 5.10 Å². The Morgan fingerprint density at radius 1 is 1.52 bits per heavy atom. The number of halogens is 1. The Balaban J connectivity index is 1.82. The van der Waals surface area contributed by atoms with Gasteiger partial charge < -0.3 is 10.5 Å². The summed E-state index contributed by atoms with van der Waals surface area (Å²) in [5.41, 5.74) is 7.46. The fraction of sp³-hybridized carbons (Fsp3) is 0.333. The molecule has 21 heavy (non-hydrogen) atoms. The van der Waals surface area contributed by atoms with E-state index in [-0.39, 0.29) is 12.0 Å². The zero-order chi connectivity index (χ0) is 14.8. The number of carbonyl (C=O) groups excluding carboxylic acids is 1. The molecule has 1 aliphatic heterocycles. The highest BCUT2D eigenvalue weighted by atomic mass is 35.5. The second-order valence-corrected chi connectivity index (χ2v) is 5.55. The number of nitrogens with zero attached hydrogens (tertiary/aromatic N) is 2. The minimum atomic E-state index is -0.109. The van der Waals surface area contributed by atoms with Gasteiger partial charge in [-0.2, -0.15) is 0 Å². The number of anilines is 1. The Bertz CT molecular complexity index is 663. The normalized spacial score (nSPS) is 18.0. The van der Waals surface area contributed by atoms with Crippen LogP contribution < -0.4 is 5.73 Å². The fourth-order valence-electron chi connectivity index (χ4n) is 2.49. The molecule has 1 saturated heterocycles. The molecule has 5 nitrogen and oxygen atoms in total. The molecule has 2 N–H and O–H groups in total. The van der Waals surface area contributed by atoms with E-state index in [0.29, 0.717) is 22.8 Å². The molecule has 110 valence electrons. The maximum Gasteiger partial charge on any atom is 0.249 e. The standard InChI is InChI=1S/C15H16ClN3O2/c16-11-4-1-3-10(7-11)13-9-19(18-15(13)17)14(20)8-12-5-2-6-21-12/h1,3-4,7,9,12H,2,5-6,8H2,(H2,17,18)/t12-/m0/s1. The van der Waals surface area contributed by atoms with Crippen molar-refractivity contribution in [3.63, 3.8) is 0 Å². The van der Waals surface area contributed by atoms with Gasteiger partial charge in [-0.05, 0) is 30.5 Å². The predicted molar refractivity (Wildman–Crippen MR) is 81.3 cm³/mol. The van der Waals surface area contributed by atoms with Crippen LogP contribution in [0.2, 0.25) is 5.02 Å². The van der Waals surface area contributed by atoms with Crippen molar-refractivity contribution in [2.24, 2.45) is 0 Å². The van der Waals surface area contributed by atoms with Crippen LogP contribution in [-0.4, -0.2) is 28.4 Å². The quantitative estimate of drug-likeness (QED) is 0.946. The van der Waals surface area contributed by atoms with Gasteiger partial charge in [-0.25, -0.2) is 4.68 Å². The summed E-state index contributed by atoms with van der Waals surface area (Å²) in [6.07, 6.45) is 3.91. The third-order valence-corrected chi connectivity index (χ3v) is 3.80. The van der Waals surface area contributed by atoms with Crippen LogP contribution in [0.3, 0.4) is 0 Å².